The van der Waals surface area contributed by atoms with Crippen molar-refractivity contribution in [1.82, 2.24) is 14.9 Å². The number of rotatable bonds is 9. The number of hydrogen-bond donors (Lipinski definition) is 2. The fourth-order valence-electron chi connectivity index (χ4n) is 3.13. The van der Waals surface area contributed by atoms with Gasteiger partial charge in [0.25, 0.3) is 0 Å². The average Bonchev–Trinajstić information content (AvgIpc) is 3.59. The maximum Gasteiger partial charge on any atom is 0.244 e. The van der Waals surface area contributed by atoms with Gasteiger partial charge in [-0.05, 0) is 31.4 Å². The second-order valence-corrected chi connectivity index (χ2v) is 7.62. The third-order valence-corrected chi connectivity index (χ3v) is 5.02. The number of aliphatic hydroxyl groups is 1. The van der Waals surface area contributed by atoms with Gasteiger partial charge < -0.3 is 15.3 Å². The first-order valence-electron chi connectivity index (χ1n) is 9.89. The number of nitriles is 1. The molecule has 0 radical (unpaired) electrons. The number of nitrogens with one attached hydrogen (secondary N) is 1. The molecule has 1 aliphatic rings. The number of nitrogens with zero attached hydrogens (tertiary/aromatic N) is 4. The average molecular weight is 407 g/mol. The Morgan fingerprint density at radius 3 is 2.63 bits per heavy atom. The summed E-state index contributed by atoms with van der Waals surface area (Å²) in [5, 5.41) is 21.8. The van der Waals surface area contributed by atoms with Crippen molar-refractivity contribution in [1.29, 1.82) is 5.26 Å². The summed E-state index contributed by atoms with van der Waals surface area (Å²) < 4.78 is 0. The van der Waals surface area contributed by atoms with Crippen LogP contribution in [-0.4, -0.2) is 58.4 Å². The van der Waals surface area contributed by atoms with Crippen molar-refractivity contribution in [3.8, 4) is 17.3 Å². The SMILES string of the molecule is CN(C)C(=O)C(CCO)Nc1cc(-c2cnc(CC(=O)C3CC3)cn2)ccc1C#N. The van der Waals surface area contributed by atoms with Gasteiger partial charge in [0.1, 0.15) is 17.9 Å². The summed E-state index contributed by atoms with van der Waals surface area (Å²) in [6, 6.07) is 6.61. The van der Waals surface area contributed by atoms with Crippen LogP contribution in [0.25, 0.3) is 11.3 Å². The van der Waals surface area contributed by atoms with Crippen molar-refractivity contribution in [3.63, 3.8) is 0 Å². The number of aromatic nitrogens is 2. The zero-order chi connectivity index (χ0) is 21.7. The number of carbonyl (C=O) groups excluding carboxylic acids is 2. The van der Waals surface area contributed by atoms with E-state index in [2.05, 4.69) is 21.4 Å². The molecule has 1 fully saturated rings. The van der Waals surface area contributed by atoms with Crippen LogP contribution in [0.1, 0.15) is 30.5 Å². The first-order valence-corrected chi connectivity index (χ1v) is 9.89. The van der Waals surface area contributed by atoms with Crippen molar-refractivity contribution in [2.75, 3.05) is 26.0 Å². The second kappa shape index (κ2) is 9.46. The molecule has 0 spiro atoms. The van der Waals surface area contributed by atoms with E-state index < -0.39 is 6.04 Å². The van der Waals surface area contributed by atoms with Crippen molar-refractivity contribution in [3.05, 3.63) is 41.9 Å². The molecular formula is C22H25N5O3. The minimum absolute atomic E-state index is 0.161. The van der Waals surface area contributed by atoms with Gasteiger partial charge in [-0.15, -0.1) is 0 Å². The van der Waals surface area contributed by atoms with Crippen LogP contribution in [0.5, 0.6) is 0 Å². The molecule has 1 amide bonds. The van der Waals surface area contributed by atoms with Crippen LogP contribution in [0, 0.1) is 17.2 Å². The van der Waals surface area contributed by atoms with Gasteiger partial charge >= 0.3 is 0 Å². The predicted molar refractivity (Wildman–Crippen MR) is 111 cm³/mol. The van der Waals surface area contributed by atoms with E-state index in [4.69, 9.17) is 0 Å². The molecule has 8 nitrogen and oxygen atoms in total. The van der Waals surface area contributed by atoms with E-state index in [1.807, 2.05) is 0 Å². The Morgan fingerprint density at radius 2 is 2.07 bits per heavy atom. The van der Waals surface area contributed by atoms with E-state index in [-0.39, 0.29) is 30.6 Å². The first-order chi connectivity index (χ1) is 14.4. The summed E-state index contributed by atoms with van der Waals surface area (Å²) >= 11 is 0. The molecular weight excluding hydrogens is 382 g/mol. The van der Waals surface area contributed by atoms with Crippen LogP contribution < -0.4 is 5.32 Å². The number of benzene rings is 1. The Balaban J connectivity index is 1.82. The quantitative estimate of drug-likeness (QED) is 0.650. The fourth-order valence-corrected chi connectivity index (χ4v) is 3.13. The Labute approximate surface area is 175 Å². The van der Waals surface area contributed by atoms with Gasteiger partial charge in [-0.25, -0.2) is 0 Å². The summed E-state index contributed by atoms with van der Waals surface area (Å²) in [6.07, 6.45) is 5.67. The highest BCUT2D eigenvalue weighted by molar-refractivity contribution is 5.86. The molecule has 0 bridgehead atoms. The van der Waals surface area contributed by atoms with Gasteiger partial charge in [0.2, 0.25) is 5.91 Å². The van der Waals surface area contributed by atoms with E-state index in [0.717, 1.165) is 18.4 Å². The van der Waals surface area contributed by atoms with E-state index in [9.17, 15) is 20.0 Å². The van der Waals surface area contributed by atoms with Gasteiger partial charge in [0.15, 0.2) is 0 Å². The van der Waals surface area contributed by atoms with Gasteiger partial charge in [0, 0.05) is 38.4 Å². The van der Waals surface area contributed by atoms with Crippen LogP contribution in [0.3, 0.4) is 0 Å². The highest BCUT2D eigenvalue weighted by atomic mass is 16.3. The molecule has 1 aromatic heterocycles. The summed E-state index contributed by atoms with van der Waals surface area (Å²) in [5.41, 5.74) is 2.83. The number of anilines is 1. The monoisotopic (exact) mass is 407 g/mol. The Hall–Kier alpha value is -3.31. The zero-order valence-corrected chi connectivity index (χ0v) is 17.1. The lowest BCUT2D eigenvalue weighted by atomic mass is 10.1. The lowest BCUT2D eigenvalue weighted by molar-refractivity contribution is -0.129. The van der Waals surface area contributed by atoms with E-state index in [1.165, 1.54) is 4.90 Å². The lowest BCUT2D eigenvalue weighted by Crippen LogP contribution is -2.39. The molecule has 3 rings (SSSR count). The molecule has 1 atom stereocenters. The largest absolute Gasteiger partial charge is 0.396 e. The number of amides is 1. The molecule has 0 aliphatic heterocycles. The maximum atomic E-state index is 12.4. The highest BCUT2D eigenvalue weighted by Crippen LogP contribution is 2.31. The van der Waals surface area contributed by atoms with E-state index in [0.29, 0.717) is 29.1 Å². The molecule has 1 heterocycles. The number of carbonyl (C=O) groups is 2. The number of ketones is 1. The first kappa shape index (κ1) is 21.4. The van der Waals surface area contributed by atoms with Gasteiger partial charge in [-0.1, -0.05) is 6.07 Å². The Kier molecular flexibility index (Phi) is 6.75. The second-order valence-electron chi connectivity index (χ2n) is 7.62. The maximum absolute atomic E-state index is 12.4. The van der Waals surface area contributed by atoms with Crippen molar-refractivity contribution in [2.45, 2.75) is 31.7 Å². The molecule has 1 aromatic carbocycles. The molecule has 2 N–H and O–H groups in total. The van der Waals surface area contributed by atoms with Crippen LogP contribution in [0.15, 0.2) is 30.6 Å². The Morgan fingerprint density at radius 1 is 1.30 bits per heavy atom. The summed E-state index contributed by atoms with van der Waals surface area (Å²) in [5.74, 6) is 0.209. The van der Waals surface area contributed by atoms with Crippen LogP contribution in [0.2, 0.25) is 0 Å². The molecule has 2 aromatic rings. The predicted octanol–water partition coefficient (Wildman–Crippen LogP) is 1.79. The summed E-state index contributed by atoms with van der Waals surface area (Å²) in [4.78, 5) is 34.6. The standard InChI is InChI=1S/C22H25N5O3/c1-27(2)22(30)18(7-8-28)26-19-9-15(5-6-16(19)11-23)20-13-24-17(12-25-20)10-21(29)14-3-4-14/h5-6,9,12-14,18,26,28H,3-4,7-8,10H2,1-2H3. The minimum atomic E-state index is -0.658. The third-order valence-electron chi connectivity index (χ3n) is 5.02. The number of Topliss-reactive ketones (excluding diaryl/α,β-unsaturated/α-hetero) is 1. The third kappa shape index (κ3) is 5.19. The summed E-state index contributed by atoms with van der Waals surface area (Å²) in [6.45, 7) is -0.161. The molecule has 8 heteroatoms. The fraction of sp³-hybridized carbons (Fsp3) is 0.409. The number of hydrogen-bond acceptors (Lipinski definition) is 7. The van der Waals surface area contributed by atoms with Gasteiger partial charge in [-0.3, -0.25) is 19.6 Å². The Bertz CT molecular complexity index is 962. The van der Waals surface area contributed by atoms with Crippen molar-refractivity contribution in [2.24, 2.45) is 5.92 Å². The van der Waals surface area contributed by atoms with Crippen molar-refractivity contribution >= 4 is 17.4 Å². The summed E-state index contributed by atoms with van der Waals surface area (Å²) in [7, 11) is 3.28. The molecule has 156 valence electrons. The topological polar surface area (TPSA) is 119 Å². The molecule has 0 saturated heterocycles. The van der Waals surface area contributed by atoms with Gasteiger partial charge in [-0.2, -0.15) is 5.26 Å². The number of likely N-dealkylation sites (N-methyl/N-ethyl adjacent to an activating group) is 1. The molecule has 1 unspecified atom stereocenters. The molecule has 1 saturated carbocycles. The van der Waals surface area contributed by atoms with Crippen LogP contribution in [-0.2, 0) is 16.0 Å². The highest BCUT2D eigenvalue weighted by Gasteiger charge is 2.29. The van der Waals surface area contributed by atoms with E-state index in [1.54, 1.807) is 44.7 Å². The van der Waals surface area contributed by atoms with Crippen LogP contribution in [0.4, 0.5) is 5.69 Å². The number of aliphatic hydroxyl groups excluding tert-OH is 1. The van der Waals surface area contributed by atoms with Crippen LogP contribution >= 0.6 is 0 Å². The smallest absolute Gasteiger partial charge is 0.244 e. The lowest BCUT2D eigenvalue weighted by Gasteiger charge is -2.22. The normalized spacial score (nSPS) is 13.9. The van der Waals surface area contributed by atoms with Gasteiger partial charge in [0.05, 0.1) is 35.3 Å². The van der Waals surface area contributed by atoms with E-state index >= 15 is 0 Å². The molecule has 30 heavy (non-hydrogen) atoms. The van der Waals surface area contributed by atoms with Crippen molar-refractivity contribution < 1.29 is 14.7 Å². The minimum Gasteiger partial charge on any atom is -0.396 e. The molecule has 1 aliphatic carbocycles. The zero-order valence-electron chi connectivity index (χ0n) is 17.1.